The topological polar surface area (TPSA) is 72.2 Å². The van der Waals surface area contributed by atoms with Crippen molar-refractivity contribution in [1.82, 2.24) is 9.88 Å². The maximum Gasteiger partial charge on any atom is 0.211 e. The average molecular weight is 295 g/mol. The van der Waals surface area contributed by atoms with Gasteiger partial charge in [-0.3, -0.25) is 0 Å². The highest BCUT2D eigenvalue weighted by Gasteiger charge is 2.17. The van der Waals surface area contributed by atoms with Crippen molar-refractivity contribution in [3.63, 3.8) is 0 Å². The monoisotopic (exact) mass is 294 g/mol. The van der Waals surface area contributed by atoms with Crippen LogP contribution in [0.4, 0.5) is 0 Å². The molecule has 0 spiro atoms. The first-order valence-corrected chi connectivity index (χ1v) is 8.02. The molecule has 0 amide bonds. The first-order chi connectivity index (χ1) is 8.35. The Balaban J connectivity index is 2.59. The number of aryl methyl sites for hydroxylation is 2. The lowest BCUT2D eigenvalue weighted by Crippen LogP contribution is -2.36. The van der Waals surface area contributed by atoms with Crippen molar-refractivity contribution in [2.75, 3.05) is 11.6 Å². The van der Waals surface area contributed by atoms with Gasteiger partial charge in [-0.1, -0.05) is 5.16 Å². The molecule has 1 aromatic rings. The van der Waals surface area contributed by atoms with E-state index in [-0.39, 0.29) is 11.8 Å². The van der Waals surface area contributed by atoms with Crippen molar-refractivity contribution >= 4 is 21.6 Å². The zero-order chi connectivity index (χ0) is 13.8. The van der Waals surface area contributed by atoms with Crippen LogP contribution in [0.2, 0.25) is 0 Å². The molecular formula is C11H19ClN2O3S. The van der Waals surface area contributed by atoms with Crippen LogP contribution in [-0.2, 0) is 16.4 Å². The number of aromatic nitrogens is 1. The average Bonchev–Trinajstić information content (AvgIpc) is 2.57. The molecular weight excluding hydrogens is 276 g/mol. The van der Waals surface area contributed by atoms with Crippen LogP contribution in [0.3, 0.4) is 0 Å². The summed E-state index contributed by atoms with van der Waals surface area (Å²) in [5, 5.41) is 3.85. The highest BCUT2D eigenvalue weighted by atomic mass is 35.5. The molecule has 18 heavy (non-hydrogen) atoms. The molecule has 0 aliphatic carbocycles. The Hall–Kier alpha value is -0.590. The zero-order valence-electron chi connectivity index (χ0n) is 10.9. The summed E-state index contributed by atoms with van der Waals surface area (Å²) >= 11 is 5.49. The molecule has 1 heterocycles. The largest absolute Gasteiger partial charge is 0.361 e. The molecule has 1 atom stereocenters. The van der Waals surface area contributed by atoms with Crippen molar-refractivity contribution in [3.05, 3.63) is 17.0 Å². The van der Waals surface area contributed by atoms with Crippen molar-refractivity contribution < 1.29 is 12.9 Å². The Labute approximate surface area is 113 Å². The Morgan fingerprint density at radius 2 is 2.11 bits per heavy atom. The summed E-state index contributed by atoms with van der Waals surface area (Å²) < 4.78 is 31.1. The number of halogens is 1. The zero-order valence-corrected chi connectivity index (χ0v) is 12.4. The van der Waals surface area contributed by atoms with Crippen LogP contribution in [0, 0.1) is 13.8 Å². The fourth-order valence-electron chi connectivity index (χ4n) is 1.75. The molecule has 5 nitrogen and oxygen atoms in total. The van der Waals surface area contributed by atoms with E-state index in [1.54, 1.807) is 0 Å². The summed E-state index contributed by atoms with van der Waals surface area (Å²) in [6.07, 6.45) is 1.02. The highest BCUT2D eigenvalue weighted by molar-refractivity contribution is 7.89. The number of nitrogens with one attached hydrogen (secondary N) is 1. The molecule has 1 N–H and O–H groups in total. The number of hydrogen-bond donors (Lipinski definition) is 1. The van der Waals surface area contributed by atoms with Gasteiger partial charge in [-0.25, -0.2) is 13.1 Å². The summed E-state index contributed by atoms with van der Waals surface area (Å²) in [6.45, 7) is 5.49. The van der Waals surface area contributed by atoms with Gasteiger partial charge in [0, 0.05) is 17.5 Å². The van der Waals surface area contributed by atoms with E-state index in [1.165, 1.54) is 0 Å². The molecule has 1 rings (SSSR count). The van der Waals surface area contributed by atoms with Gasteiger partial charge in [0.25, 0.3) is 0 Å². The lowest BCUT2D eigenvalue weighted by molar-refractivity contribution is 0.392. The lowest BCUT2D eigenvalue weighted by atomic mass is 10.1. The Bertz CT molecular complexity index is 465. The predicted octanol–water partition coefficient (Wildman–Crippen LogP) is 1.77. The number of hydrogen-bond acceptors (Lipinski definition) is 4. The van der Waals surface area contributed by atoms with Gasteiger partial charge in [-0.05, 0) is 33.6 Å². The van der Waals surface area contributed by atoms with Gasteiger partial charge in [0.05, 0.1) is 11.4 Å². The van der Waals surface area contributed by atoms with Gasteiger partial charge in [0.15, 0.2) is 0 Å². The van der Waals surface area contributed by atoms with E-state index in [1.807, 2.05) is 20.8 Å². The van der Waals surface area contributed by atoms with E-state index in [9.17, 15) is 8.42 Å². The van der Waals surface area contributed by atoms with E-state index in [4.69, 9.17) is 16.1 Å². The van der Waals surface area contributed by atoms with E-state index >= 15 is 0 Å². The van der Waals surface area contributed by atoms with Crippen LogP contribution >= 0.6 is 11.6 Å². The summed E-state index contributed by atoms with van der Waals surface area (Å²) in [5.74, 6) is 1.14. The minimum absolute atomic E-state index is 0.0580. The molecule has 104 valence electrons. The van der Waals surface area contributed by atoms with Crippen molar-refractivity contribution in [2.24, 2.45) is 0 Å². The molecule has 0 radical (unpaired) electrons. The van der Waals surface area contributed by atoms with Crippen LogP contribution in [0.1, 0.15) is 30.4 Å². The van der Waals surface area contributed by atoms with Crippen molar-refractivity contribution in [3.8, 4) is 0 Å². The first kappa shape index (κ1) is 15.5. The van der Waals surface area contributed by atoms with Crippen molar-refractivity contribution in [1.29, 1.82) is 0 Å². The van der Waals surface area contributed by atoms with E-state index in [2.05, 4.69) is 9.88 Å². The van der Waals surface area contributed by atoms with Crippen molar-refractivity contribution in [2.45, 2.75) is 39.7 Å². The van der Waals surface area contributed by atoms with Gasteiger partial charge in [0.2, 0.25) is 10.0 Å². The number of rotatable bonds is 7. The normalized spacial score (nSPS) is 13.8. The number of sulfonamides is 1. The standard InChI is InChI=1S/C11H19ClN2O3S/c1-8(14-18(15,16)6-4-5-12)7-11-9(2)13-17-10(11)3/h8,14H,4-7H2,1-3H3/t8-/m0/s1. The van der Waals surface area contributed by atoms with Gasteiger partial charge < -0.3 is 4.52 Å². The second-order valence-electron chi connectivity index (χ2n) is 4.39. The third-order valence-corrected chi connectivity index (χ3v) is 4.47. The molecule has 0 unspecified atom stereocenters. The Morgan fingerprint density at radius 3 is 2.61 bits per heavy atom. The van der Waals surface area contributed by atoms with Gasteiger partial charge in [-0.15, -0.1) is 11.6 Å². The maximum atomic E-state index is 11.7. The Kier molecular flexibility index (Phi) is 5.62. The second-order valence-corrected chi connectivity index (χ2v) is 6.64. The molecule has 0 bridgehead atoms. The molecule has 0 saturated carbocycles. The van der Waals surface area contributed by atoms with E-state index < -0.39 is 10.0 Å². The fraction of sp³-hybridized carbons (Fsp3) is 0.727. The lowest BCUT2D eigenvalue weighted by Gasteiger charge is -2.13. The highest BCUT2D eigenvalue weighted by Crippen LogP contribution is 2.14. The van der Waals surface area contributed by atoms with Crippen LogP contribution in [0.15, 0.2) is 4.52 Å². The molecule has 1 aromatic heterocycles. The van der Waals surface area contributed by atoms with Gasteiger partial charge in [-0.2, -0.15) is 0 Å². The molecule has 0 aromatic carbocycles. The van der Waals surface area contributed by atoms with Gasteiger partial charge in [0.1, 0.15) is 5.76 Å². The summed E-state index contributed by atoms with van der Waals surface area (Å²) in [7, 11) is -3.26. The maximum absolute atomic E-state index is 11.7. The molecule has 0 aliphatic heterocycles. The van der Waals surface area contributed by atoms with Crippen LogP contribution in [0.5, 0.6) is 0 Å². The van der Waals surface area contributed by atoms with E-state index in [0.717, 1.165) is 17.0 Å². The van der Waals surface area contributed by atoms with E-state index in [0.29, 0.717) is 18.7 Å². The smallest absolute Gasteiger partial charge is 0.211 e. The SMILES string of the molecule is Cc1noc(C)c1C[C@H](C)NS(=O)(=O)CCCCl. The predicted molar refractivity (Wildman–Crippen MR) is 71.4 cm³/mol. The quantitative estimate of drug-likeness (QED) is 0.778. The third kappa shape index (κ3) is 4.59. The first-order valence-electron chi connectivity index (χ1n) is 5.83. The number of alkyl halides is 1. The summed E-state index contributed by atoms with van der Waals surface area (Å²) in [6, 6.07) is -0.192. The summed E-state index contributed by atoms with van der Waals surface area (Å²) in [4.78, 5) is 0. The third-order valence-electron chi connectivity index (χ3n) is 2.62. The van der Waals surface area contributed by atoms with Crippen LogP contribution < -0.4 is 4.72 Å². The van der Waals surface area contributed by atoms with Gasteiger partial charge >= 0.3 is 0 Å². The van der Waals surface area contributed by atoms with Crippen LogP contribution in [-0.4, -0.2) is 31.2 Å². The minimum Gasteiger partial charge on any atom is -0.361 e. The minimum atomic E-state index is -3.26. The molecule has 0 fully saturated rings. The second kappa shape index (κ2) is 6.54. The summed E-state index contributed by atoms with van der Waals surface area (Å²) in [5.41, 5.74) is 1.77. The fourth-order valence-corrected chi connectivity index (χ4v) is 3.38. The molecule has 7 heteroatoms. The van der Waals surface area contributed by atoms with Crippen LogP contribution in [0.25, 0.3) is 0 Å². The molecule has 0 saturated heterocycles. The number of nitrogens with zero attached hydrogens (tertiary/aromatic N) is 1. The molecule has 0 aliphatic rings. The Morgan fingerprint density at radius 1 is 1.44 bits per heavy atom.